The lowest BCUT2D eigenvalue weighted by molar-refractivity contribution is -0.146. The molecule has 624 valence electrons. The molecule has 16 amide bonds. The van der Waals surface area contributed by atoms with E-state index in [0.717, 1.165) is 9.80 Å². The van der Waals surface area contributed by atoms with Gasteiger partial charge in [-0.2, -0.15) is 12.6 Å². The number of likely N-dealkylation sites (tertiary alicyclic amines) is 2. The first-order chi connectivity index (χ1) is 53.9. The molecule has 14 atom stereocenters. The zero-order valence-corrected chi connectivity index (χ0v) is 63.7. The van der Waals surface area contributed by atoms with Crippen LogP contribution in [0.25, 0.3) is 0 Å². The first-order valence-corrected chi connectivity index (χ1v) is 37.1. The second kappa shape index (κ2) is 45.4. The highest BCUT2D eigenvalue weighted by atomic mass is 32.1. The molecular weight excluding hydrogens is 1520 g/mol. The molecule has 2 aromatic carbocycles. The van der Waals surface area contributed by atoms with Gasteiger partial charge < -0.3 is 128 Å². The molecule has 0 saturated carbocycles. The maximum atomic E-state index is 15.0. The van der Waals surface area contributed by atoms with Crippen molar-refractivity contribution in [2.45, 2.75) is 189 Å². The molecule has 5 rings (SSSR count). The van der Waals surface area contributed by atoms with Crippen molar-refractivity contribution in [2.75, 3.05) is 38.6 Å². The van der Waals surface area contributed by atoms with E-state index in [1.54, 1.807) is 44.2 Å². The van der Waals surface area contributed by atoms with Gasteiger partial charge in [-0.3, -0.25) is 82.1 Å². The maximum absolute atomic E-state index is 15.0. The molecule has 2 aliphatic heterocycles. The van der Waals surface area contributed by atoms with Crippen molar-refractivity contribution in [2.24, 2.45) is 34.6 Å². The molecule has 2 saturated heterocycles. The van der Waals surface area contributed by atoms with Gasteiger partial charge in [0.15, 0.2) is 5.96 Å². The molecule has 0 unspecified atom stereocenters. The summed E-state index contributed by atoms with van der Waals surface area (Å²) in [6, 6.07) is -8.39. The maximum Gasteiger partial charge on any atom is 0.326 e. The first-order valence-electron chi connectivity index (χ1n) is 36.4. The predicted molar refractivity (Wildman–Crippen MR) is 404 cm³/mol. The van der Waals surface area contributed by atoms with E-state index < -0.39 is 236 Å². The molecule has 0 aliphatic carbocycles. The Bertz CT molecular complexity index is 3920. The molecule has 2 fully saturated rings. The lowest BCUT2D eigenvalue weighted by Crippen LogP contribution is -2.62. The number of thiol groups is 1. The summed E-state index contributed by atoms with van der Waals surface area (Å²) >= 11 is 4.08. The Kier molecular flexibility index (Phi) is 36.9. The van der Waals surface area contributed by atoms with Crippen LogP contribution in [-0.4, -0.2) is 270 Å². The van der Waals surface area contributed by atoms with Crippen LogP contribution in [0.15, 0.2) is 67.1 Å². The van der Waals surface area contributed by atoms with Gasteiger partial charge in [0.1, 0.15) is 84.3 Å². The molecule has 43 nitrogen and oxygen atoms in total. The van der Waals surface area contributed by atoms with Crippen molar-refractivity contribution in [3.05, 3.63) is 83.9 Å². The summed E-state index contributed by atoms with van der Waals surface area (Å²) in [6.45, 7) is 1.81. The zero-order chi connectivity index (χ0) is 84.6. The fourth-order valence-electron chi connectivity index (χ4n) is 12.2. The second-order valence-corrected chi connectivity index (χ2v) is 27.9. The van der Waals surface area contributed by atoms with Gasteiger partial charge in [-0.25, -0.2) is 9.78 Å². The molecule has 3 heterocycles. The number of phenolic OH excluding ortho intramolecular Hbond substituents is 1. The van der Waals surface area contributed by atoms with E-state index in [-0.39, 0.29) is 94.6 Å². The Labute approximate surface area is 659 Å². The number of imidazole rings is 1. The average Bonchev–Trinajstić information content (AvgIpc) is 1.65. The van der Waals surface area contributed by atoms with E-state index >= 15 is 4.79 Å². The lowest BCUT2D eigenvalue weighted by atomic mass is 10.0. The summed E-state index contributed by atoms with van der Waals surface area (Å²) in [5.41, 5.74) is 29.0. The normalized spacial score (nSPS) is 16.9. The number of aromatic hydroxyl groups is 1. The van der Waals surface area contributed by atoms with Crippen LogP contribution in [0.2, 0.25) is 0 Å². The van der Waals surface area contributed by atoms with E-state index in [1.807, 2.05) is 0 Å². The summed E-state index contributed by atoms with van der Waals surface area (Å²) in [5.74, 6) is -19.5. The molecule has 28 N–H and O–H groups in total. The van der Waals surface area contributed by atoms with Crippen molar-refractivity contribution in [1.29, 1.82) is 5.41 Å². The molecule has 0 spiro atoms. The van der Waals surface area contributed by atoms with Gasteiger partial charge >= 0.3 is 5.97 Å². The number of amides is 16. The number of carbonyl (C=O) groups excluding carboxylic acids is 16. The predicted octanol–water partition coefficient (Wildman–Crippen LogP) is -9.26. The second-order valence-electron chi connectivity index (χ2n) is 27.6. The van der Waals surface area contributed by atoms with Crippen LogP contribution in [0.4, 0.5) is 0 Å². The molecule has 0 bridgehead atoms. The lowest BCUT2D eigenvalue weighted by Gasteiger charge is -2.31. The van der Waals surface area contributed by atoms with E-state index in [9.17, 15) is 97.1 Å². The average molecular weight is 1620 g/mol. The largest absolute Gasteiger partial charge is 0.508 e. The van der Waals surface area contributed by atoms with Gasteiger partial charge in [0.25, 0.3) is 0 Å². The summed E-state index contributed by atoms with van der Waals surface area (Å²) in [4.78, 5) is 241. The summed E-state index contributed by atoms with van der Waals surface area (Å²) in [6.07, 6.45) is -0.908. The van der Waals surface area contributed by atoms with Crippen molar-refractivity contribution in [3.63, 3.8) is 0 Å². The standard InChI is InChI=1S/C70H102N22O21S/c1-34(2)55(69(112)113)90-66(109)51-14-9-23-92(51)68(111)49(31-94)89-64(107)48(30-93)88-63(106)45(27-53(73)97)85-62(105)46(28-54(74)98)86-65(108)50-13-8-22-91(50)67(110)47(26-38-29-77-33-79-38)87-61(104)43(25-37-15-17-39(95)18-16-37)83-56(99)35(3)80-58(101)42(19-20-52(72)96)82-59(102)41(12-7-21-78-70(75)76)81-60(103)44(84-57(100)40(71)32-114)24-36-10-5-4-6-11-36/h4-6,10-11,15-18,29,33-35,40-51,55,93-95,114H,7-9,12-14,19-28,30-32,71H2,1-3H3,(H2,72,96)(H2,73,97)(H2,74,98)(H,77,79)(H,80,101)(H,81,103)(H,82,102)(H,83,99)(H,84,100)(H,85,105)(H,86,108)(H,87,104)(H,88,106)(H,89,107)(H,90,109)(H,112,113)(H4,75,76,78)/t35-,40-,41-,42-,43-,44-,45-,46-,47-,48-,49-,50-,51-,55-/m0/s1. The summed E-state index contributed by atoms with van der Waals surface area (Å²) in [5, 5.41) is 76.9. The number of H-pyrrole nitrogens is 1. The van der Waals surface area contributed by atoms with Gasteiger partial charge in [0, 0.05) is 63.0 Å². The van der Waals surface area contributed by atoms with Crippen LogP contribution in [0.3, 0.4) is 0 Å². The SMILES string of the molecule is CC(C)[C@H](NC(=O)[C@@H]1CCCN1C(=O)[C@H](CO)NC(=O)[C@H](CO)NC(=O)[C@H](CC(N)=O)NC(=O)[C@H](CC(N)=O)NC(=O)[C@@H]1CCCN1C(=O)[C@H](Cc1cnc[nH]1)NC(=O)[C@H](Cc1ccc(O)cc1)NC(=O)[C@H](C)NC(=O)[C@H](CCC(N)=O)NC(=O)[C@H](CCCNC(=N)N)NC(=O)[C@H](Cc1ccccc1)NC(=O)[C@@H](N)CS)C(=O)O. The Hall–Kier alpha value is -12.1. The molecule has 114 heavy (non-hydrogen) atoms. The first kappa shape index (κ1) is 92.5. The number of nitrogens with one attached hydrogen (secondary N) is 14. The third-order valence-electron chi connectivity index (χ3n) is 18.3. The molecular formula is C70H102N22O21S. The smallest absolute Gasteiger partial charge is 0.326 e. The third kappa shape index (κ3) is 29.2. The van der Waals surface area contributed by atoms with Crippen molar-refractivity contribution >= 4 is 119 Å². The monoisotopic (exact) mass is 1620 g/mol. The number of carboxylic acid groups (broad SMARTS) is 1. The topological polar surface area (TPSA) is 705 Å². The van der Waals surface area contributed by atoms with Crippen LogP contribution in [0.1, 0.15) is 102 Å². The number of nitrogens with zero attached hydrogens (tertiary/aromatic N) is 3. The fraction of sp³-hybridized carbons (Fsp3) is 0.529. The molecule has 3 aromatic rings. The summed E-state index contributed by atoms with van der Waals surface area (Å²) < 4.78 is 0. The zero-order valence-electron chi connectivity index (χ0n) is 62.9. The molecule has 44 heteroatoms. The minimum Gasteiger partial charge on any atom is -0.508 e. The molecule has 2 aliphatic rings. The number of guanidine groups is 1. The van der Waals surface area contributed by atoms with Crippen LogP contribution in [0, 0.1) is 11.3 Å². The quantitative estimate of drug-likeness (QED) is 0.0108. The van der Waals surface area contributed by atoms with Crippen LogP contribution < -0.4 is 92.5 Å². The number of phenols is 1. The number of hydrogen-bond acceptors (Lipinski definition) is 24. The highest BCUT2D eigenvalue weighted by Crippen LogP contribution is 2.23. The van der Waals surface area contributed by atoms with Gasteiger partial charge in [-0.1, -0.05) is 56.3 Å². The van der Waals surface area contributed by atoms with Gasteiger partial charge in [-0.15, -0.1) is 0 Å². The number of aliphatic carboxylic acids is 1. The highest BCUT2D eigenvalue weighted by Gasteiger charge is 2.44. The van der Waals surface area contributed by atoms with E-state index in [1.165, 1.54) is 43.7 Å². The van der Waals surface area contributed by atoms with E-state index in [0.29, 0.717) is 11.1 Å². The number of aromatic nitrogens is 2. The Morgan fingerprint density at radius 1 is 0.535 bits per heavy atom. The Morgan fingerprint density at radius 3 is 1.48 bits per heavy atom. The number of primary amides is 3. The third-order valence-corrected chi connectivity index (χ3v) is 18.7. The van der Waals surface area contributed by atoms with Crippen molar-refractivity contribution in [3.8, 4) is 5.75 Å². The fourth-order valence-corrected chi connectivity index (χ4v) is 12.4. The summed E-state index contributed by atoms with van der Waals surface area (Å²) in [7, 11) is 0. The number of nitrogens with two attached hydrogens (primary N) is 5. The number of rotatable bonds is 46. The van der Waals surface area contributed by atoms with E-state index in [4.69, 9.17) is 34.1 Å². The number of benzene rings is 2. The van der Waals surface area contributed by atoms with Gasteiger partial charge in [0.05, 0.1) is 38.4 Å². The number of aliphatic hydroxyl groups excluding tert-OH is 2. The van der Waals surface area contributed by atoms with Gasteiger partial charge in [-0.05, 0) is 81.0 Å². The van der Waals surface area contributed by atoms with Crippen LogP contribution >= 0.6 is 12.6 Å². The number of aliphatic hydroxyl groups is 2. The van der Waals surface area contributed by atoms with E-state index in [2.05, 4.69) is 86.4 Å². The van der Waals surface area contributed by atoms with Crippen LogP contribution in [0.5, 0.6) is 5.75 Å². The number of carboxylic acids is 1. The minimum absolute atomic E-state index is 0.0323. The number of hydrogen-bond donors (Lipinski definition) is 24. The number of aromatic amines is 1. The molecule has 0 radical (unpaired) electrons. The van der Waals surface area contributed by atoms with Crippen LogP contribution in [-0.2, 0) is 101 Å². The Balaban J connectivity index is 1.34. The van der Waals surface area contributed by atoms with Crippen molar-refractivity contribution in [1.82, 2.24) is 83.6 Å². The van der Waals surface area contributed by atoms with Crippen molar-refractivity contribution < 1.29 is 102 Å². The minimum atomic E-state index is -2.04. The highest BCUT2D eigenvalue weighted by molar-refractivity contribution is 7.80. The Morgan fingerprint density at radius 2 is 0.982 bits per heavy atom. The number of carbonyl (C=O) groups is 17. The molecule has 1 aromatic heterocycles. The van der Waals surface area contributed by atoms with Gasteiger partial charge in [0.2, 0.25) is 94.5 Å².